The van der Waals surface area contributed by atoms with Crippen molar-refractivity contribution in [1.82, 2.24) is 0 Å². The fourth-order valence-electron chi connectivity index (χ4n) is 0. The molecule has 0 aliphatic rings. The predicted molar refractivity (Wildman–Crippen MR) is 26.3 cm³/mol. The molecule has 0 aromatic carbocycles. The van der Waals surface area contributed by atoms with E-state index < -0.39 is 0 Å². The van der Waals surface area contributed by atoms with Gasteiger partial charge in [0.05, 0.1) is 0 Å². The molecular weight excluding hydrogens is 190 g/mol. The number of halogens is 1. The van der Waals surface area contributed by atoms with Crippen molar-refractivity contribution in [2.75, 3.05) is 0 Å². The van der Waals surface area contributed by atoms with Gasteiger partial charge >= 0.3 is 27.7 Å². The van der Waals surface area contributed by atoms with Crippen LogP contribution in [-0.2, 0) is 18.2 Å². The third kappa shape index (κ3) is 133. The van der Waals surface area contributed by atoms with E-state index in [-0.39, 0.29) is 0 Å². The van der Waals surface area contributed by atoms with Crippen LogP contribution in [0, 0.1) is 0 Å². The summed E-state index contributed by atoms with van der Waals surface area (Å²) in [5, 5.41) is 0. The summed E-state index contributed by atoms with van der Waals surface area (Å²) in [6.45, 7) is 7.50. The predicted octanol–water partition coefficient (Wildman–Crippen LogP) is 2.27. The van der Waals surface area contributed by atoms with E-state index in [2.05, 4.69) is 34.3 Å². The van der Waals surface area contributed by atoms with Gasteiger partial charge in [-0.25, -0.2) is 0 Å². The standard InChI is InChI=1S/C4H8.ClH.Pd/c1-4(2)3;;/h1H2,2-3H3;1H;/q;;+1/p-1. The van der Waals surface area contributed by atoms with Crippen molar-refractivity contribution in [3.8, 4) is 0 Å². The van der Waals surface area contributed by atoms with Crippen LogP contribution in [0.4, 0.5) is 0 Å². The summed E-state index contributed by atoms with van der Waals surface area (Å²) in [6.07, 6.45) is 0. The molecule has 0 amide bonds. The molecule has 0 radical (unpaired) electrons. The monoisotopic (exact) mass is 197 g/mol. The Labute approximate surface area is 54.0 Å². The molecule has 0 spiro atoms. The molecule has 0 fully saturated rings. The molecule has 0 saturated carbocycles. The average Bonchev–Trinajstić information content (AvgIpc) is 1.41. The first kappa shape index (κ1) is 9.85. The quantitative estimate of drug-likeness (QED) is 0.413. The van der Waals surface area contributed by atoms with Crippen LogP contribution in [-0.4, -0.2) is 0 Å². The third-order valence-corrected chi connectivity index (χ3v) is 0. The maximum absolute atomic E-state index is 4.49. The van der Waals surface area contributed by atoms with Crippen molar-refractivity contribution in [2.24, 2.45) is 0 Å². The summed E-state index contributed by atoms with van der Waals surface area (Å²) >= 11 is 2.22. The Morgan fingerprint density at radius 2 is 1.50 bits per heavy atom. The summed E-state index contributed by atoms with van der Waals surface area (Å²) in [5.74, 6) is 0. The van der Waals surface area contributed by atoms with Gasteiger partial charge in [0.15, 0.2) is 0 Å². The molecule has 0 nitrogen and oxygen atoms in total. The fraction of sp³-hybridized carbons (Fsp3) is 0.500. The molecule has 0 aliphatic heterocycles. The molecule has 0 N–H and O–H groups in total. The number of hydrogen-bond acceptors (Lipinski definition) is 0. The summed E-state index contributed by atoms with van der Waals surface area (Å²) < 4.78 is 0. The second-order valence-corrected chi connectivity index (χ2v) is 1.21. The van der Waals surface area contributed by atoms with Crippen LogP contribution in [0.2, 0.25) is 0 Å². The normalized spacial score (nSPS) is 5.50. The average molecular weight is 198 g/mol. The van der Waals surface area contributed by atoms with Gasteiger partial charge in [-0.3, -0.25) is 0 Å². The molecule has 0 unspecified atom stereocenters. The summed E-state index contributed by atoms with van der Waals surface area (Å²) in [5.41, 5.74) is 1.17. The summed E-state index contributed by atoms with van der Waals surface area (Å²) in [4.78, 5) is 0. The Balaban J connectivity index is 0. The molecule has 0 aromatic heterocycles. The van der Waals surface area contributed by atoms with Crippen molar-refractivity contribution in [3.05, 3.63) is 12.2 Å². The van der Waals surface area contributed by atoms with Crippen molar-refractivity contribution >= 4 is 9.53 Å². The van der Waals surface area contributed by atoms with Crippen molar-refractivity contribution in [2.45, 2.75) is 13.8 Å². The third-order valence-electron chi connectivity index (χ3n) is 0. The molecule has 2 heteroatoms. The molecule has 0 rings (SSSR count). The van der Waals surface area contributed by atoms with Crippen LogP contribution in [0.25, 0.3) is 0 Å². The Kier molecular flexibility index (Phi) is 15.1. The van der Waals surface area contributed by atoms with E-state index in [9.17, 15) is 0 Å². The first-order valence-corrected chi connectivity index (χ1v) is 3.47. The van der Waals surface area contributed by atoms with Gasteiger partial charge in [0.2, 0.25) is 0 Å². The van der Waals surface area contributed by atoms with Crippen LogP contribution in [0.1, 0.15) is 13.8 Å². The van der Waals surface area contributed by atoms with Gasteiger partial charge in [-0.15, -0.1) is 6.58 Å². The molecule has 6 heavy (non-hydrogen) atoms. The van der Waals surface area contributed by atoms with Crippen LogP contribution in [0.3, 0.4) is 0 Å². The number of rotatable bonds is 0. The molecular formula is C4H8ClPd. The van der Waals surface area contributed by atoms with Gasteiger partial charge in [0, 0.05) is 0 Å². The zero-order valence-electron chi connectivity index (χ0n) is 3.90. The van der Waals surface area contributed by atoms with Crippen LogP contribution >= 0.6 is 9.53 Å². The molecule has 0 aliphatic carbocycles. The minimum absolute atomic E-state index is 1.17. The summed E-state index contributed by atoms with van der Waals surface area (Å²) in [7, 11) is 4.49. The van der Waals surface area contributed by atoms with Gasteiger partial charge in [0.1, 0.15) is 0 Å². The SMILES string of the molecule is C=C(C)C.[Cl][Pd]. The second kappa shape index (κ2) is 9.19. The van der Waals surface area contributed by atoms with Crippen molar-refractivity contribution in [1.29, 1.82) is 0 Å². The van der Waals surface area contributed by atoms with E-state index in [1.807, 2.05) is 13.8 Å². The topological polar surface area (TPSA) is 0 Å². The Morgan fingerprint density at radius 3 is 1.50 bits per heavy atom. The maximum atomic E-state index is 4.49. The molecule has 0 atom stereocenters. The van der Waals surface area contributed by atoms with Gasteiger partial charge in [0.25, 0.3) is 0 Å². The molecule has 41 valence electrons. The Morgan fingerprint density at radius 1 is 1.50 bits per heavy atom. The van der Waals surface area contributed by atoms with Crippen LogP contribution in [0.5, 0.6) is 0 Å². The van der Waals surface area contributed by atoms with Gasteiger partial charge in [-0.05, 0) is 13.8 Å². The van der Waals surface area contributed by atoms with Crippen molar-refractivity contribution < 1.29 is 18.2 Å². The number of allylic oxidation sites excluding steroid dienone is 1. The van der Waals surface area contributed by atoms with E-state index in [4.69, 9.17) is 0 Å². The molecule has 0 bridgehead atoms. The van der Waals surface area contributed by atoms with Gasteiger partial charge in [-0.2, -0.15) is 0 Å². The van der Waals surface area contributed by atoms with E-state index in [1.54, 1.807) is 0 Å². The summed E-state index contributed by atoms with van der Waals surface area (Å²) in [6, 6.07) is 0. The zero-order valence-corrected chi connectivity index (χ0v) is 6.21. The van der Waals surface area contributed by atoms with Gasteiger partial charge < -0.3 is 0 Å². The Bertz CT molecular complexity index is 30.5. The van der Waals surface area contributed by atoms with E-state index in [1.165, 1.54) is 5.57 Å². The first-order valence-electron chi connectivity index (χ1n) is 1.47. The fourth-order valence-corrected chi connectivity index (χ4v) is 0. The van der Waals surface area contributed by atoms with E-state index in [0.717, 1.165) is 0 Å². The van der Waals surface area contributed by atoms with E-state index in [0.29, 0.717) is 0 Å². The van der Waals surface area contributed by atoms with E-state index >= 15 is 0 Å². The second-order valence-electron chi connectivity index (χ2n) is 1.21. The zero-order chi connectivity index (χ0) is 5.58. The van der Waals surface area contributed by atoms with Gasteiger partial charge in [-0.1, -0.05) is 5.57 Å². The number of hydrogen-bond donors (Lipinski definition) is 0. The van der Waals surface area contributed by atoms with Crippen molar-refractivity contribution in [3.63, 3.8) is 0 Å². The molecule has 0 saturated heterocycles. The molecule has 0 heterocycles. The first-order chi connectivity index (χ1) is 2.73. The molecule has 0 aromatic rings. The minimum atomic E-state index is 1.17. The van der Waals surface area contributed by atoms with Crippen LogP contribution < -0.4 is 0 Å². The van der Waals surface area contributed by atoms with Crippen LogP contribution in [0.15, 0.2) is 12.2 Å². The Hall–Kier alpha value is 0.692.